The van der Waals surface area contributed by atoms with E-state index in [0.717, 1.165) is 23.4 Å². The van der Waals surface area contributed by atoms with Gasteiger partial charge in [-0.1, -0.05) is 71.4 Å². The second kappa shape index (κ2) is 12.3. The van der Waals surface area contributed by atoms with Crippen LogP contribution in [0.4, 0.5) is 0 Å². The van der Waals surface area contributed by atoms with E-state index in [-0.39, 0.29) is 25.2 Å². The topological polar surface area (TPSA) is 72.0 Å². The molecule has 1 aliphatic rings. The van der Waals surface area contributed by atoms with E-state index in [2.05, 4.69) is 15.6 Å². The number of nitrogens with one attached hydrogen (secondary N) is 2. The number of thioether (sulfide) groups is 1. The number of amides is 1. The molecule has 1 aliphatic heterocycles. The second-order valence-electron chi connectivity index (χ2n) is 7.86. The van der Waals surface area contributed by atoms with Crippen LogP contribution in [0.1, 0.15) is 21.5 Å². The van der Waals surface area contributed by atoms with Crippen molar-refractivity contribution in [1.29, 1.82) is 0 Å². The lowest BCUT2D eigenvalue weighted by Gasteiger charge is -2.13. The van der Waals surface area contributed by atoms with E-state index in [9.17, 15) is 4.79 Å². The Hall–Kier alpha value is -2.71. The average molecular weight is 530 g/mol. The van der Waals surface area contributed by atoms with Crippen molar-refractivity contribution in [2.75, 3.05) is 19.3 Å². The summed E-state index contributed by atoms with van der Waals surface area (Å²) in [5.41, 5.74) is 2.08. The van der Waals surface area contributed by atoms with Crippen LogP contribution >= 0.6 is 35.0 Å². The first kappa shape index (κ1) is 25.4. The number of benzene rings is 3. The van der Waals surface area contributed by atoms with Crippen molar-refractivity contribution in [3.8, 4) is 11.5 Å². The van der Waals surface area contributed by atoms with Crippen molar-refractivity contribution in [2.45, 2.75) is 19.3 Å². The highest BCUT2D eigenvalue weighted by atomic mass is 35.5. The van der Waals surface area contributed by atoms with Crippen LogP contribution in [0.25, 0.3) is 0 Å². The molecule has 1 unspecified atom stereocenters. The van der Waals surface area contributed by atoms with Crippen LogP contribution in [0.3, 0.4) is 0 Å². The summed E-state index contributed by atoms with van der Waals surface area (Å²) in [5.74, 6) is 1.51. The molecule has 0 fully saturated rings. The average Bonchev–Trinajstić information content (AvgIpc) is 3.30. The van der Waals surface area contributed by atoms with E-state index in [0.29, 0.717) is 32.3 Å². The third kappa shape index (κ3) is 7.15. The summed E-state index contributed by atoms with van der Waals surface area (Å²) in [6.45, 7) is 1.27. The van der Waals surface area contributed by atoms with Gasteiger partial charge >= 0.3 is 0 Å². The zero-order chi connectivity index (χ0) is 24.6. The Morgan fingerprint density at radius 3 is 2.09 bits per heavy atom. The van der Waals surface area contributed by atoms with Gasteiger partial charge in [0, 0.05) is 45.1 Å². The number of amidine groups is 1. The van der Waals surface area contributed by atoms with Crippen molar-refractivity contribution in [3.63, 3.8) is 0 Å². The molecule has 35 heavy (non-hydrogen) atoms. The second-order valence-corrected chi connectivity index (χ2v) is 9.69. The van der Waals surface area contributed by atoms with Gasteiger partial charge in [-0.2, -0.15) is 0 Å². The fraction of sp³-hybridized carbons (Fsp3) is 0.231. The fourth-order valence-corrected chi connectivity index (χ4v) is 4.73. The number of carbonyl (C=O) groups is 1. The van der Waals surface area contributed by atoms with Gasteiger partial charge in [-0.05, 0) is 31.3 Å². The summed E-state index contributed by atoms with van der Waals surface area (Å²) >= 11 is 14.1. The zero-order valence-electron chi connectivity index (χ0n) is 19.1. The summed E-state index contributed by atoms with van der Waals surface area (Å²) in [7, 11) is 1.88. The molecule has 0 spiro atoms. The van der Waals surface area contributed by atoms with E-state index in [1.54, 1.807) is 18.2 Å². The summed E-state index contributed by atoms with van der Waals surface area (Å²) in [5, 5.41) is 7.84. The molecule has 1 heterocycles. The Morgan fingerprint density at radius 1 is 0.971 bits per heavy atom. The molecule has 0 saturated carbocycles. The van der Waals surface area contributed by atoms with Crippen LogP contribution < -0.4 is 20.1 Å². The molecule has 0 aliphatic carbocycles. The Kier molecular flexibility index (Phi) is 8.93. The van der Waals surface area contributed by atoms with Gasteiger partial charge in [0.05, 0.1) is 6.04 Å². The Bertz CT molecular complexity index is 1150. The first-order chi connectivity index (χ1) is 17.0. The maximum Gasteiger partial charge on any atom is 0.257 e. The molecule has 2 N–H and O–H groups in total. The number of halogens is 2. The van der Waals surface area contributed by atoms with E-state index in [1.165, 1.54) is 11.8 Å². The zero-order valence-corrected chi connectivity index (χ0v) is 21.4. The predicted octanol–water partition coefficient (Wildman–Crippen LogP) is 5.57. The Labute approximate surface area is 219 Å². The van der Waals surface area contributed by atoms with Gasteiger partial charge in [-0.3, -0.25) is 9.79 Å². The lowest BCUT2D eigenvalue weighted by molar-refractivity contribution is 0.0977. The van der Waals surface area contributed by atoms with Gasteiger partial charge in [0.2, 0.25) is 0 Å². The number of hydrogen-bond acceptors (Lipinski definition) is 6. The summed E-state index contributed by atoms with van der Waals surface area (Å²) in [6.07, 6.45) is 0. The first-order valence-electron chi connectivity index (χ1n) is 11.1. The highest BCUT2D eigenvalue weighted by Gasteiger charge is 2.20. The number of carbonyl (C=O) groups excluding carboxylic acids is 1. The smallest absolute Gasteiger partial charge is 0.257 e. The predicted molar refractivity (Wildman–Crippen MR) is 143 cm³/mol. The third-order valence-electron chi connectivity index (χ3n) is 5.22. The molecule has 9 heteroatoms. The van der Waals surface area contributed by atoms with Crippen molar-refractivity contribution in [3.05, 3.63) is 93.5 Å². The van der Waals surface area contributed by atoms with Crippen molar-refractivity contribution >= 4 is 46.0 Å². The molecule has 0 radical (unpaired) electrons. The van der Waals surface area contributed by atoms with E-state index in [4.69, 9.17) is 32.7 Å². The Morgan fingerprint density at radius 2 is 1.54 bits per heavy atom. The van der Waals surface area contributed by atoms with Crippen molar-refractivity contribution in [2.24, 2.45) is 4.99 Å². The molecule has 6 nitrogen and oxygen atoms in total. The van der Waals surface area contributed by atoms with Gasteiger partial charge < -0.3 is 20.1 Å². The molecule has 1 atom stereocenters. The third-order valence-corrected chi connectivity index (χ3v) is 6.99. The van der Waals surface area contributed by atoms with Crippen molar-refractivity contribution in [1.82, 2.24) is 10.6 Å². The van der Waals surface area contributed by atoms with Gasteiger partial charge in [-0.15, -0.1) is 0 Å². The van der Waals surface area contributed by atoms with Gasteiger partial charge in [0.1, 0.15) is 24.7 Å². The molecule has 3 aromatic rings. The Balaban J connectivity index is 1.53. The van der Waals surface area contributed by atoms with Gasteiger partial charge in [0.25, 0.3) is 5.91 Å². The molecular weight excluding hydrogens is 505 g/mol. The molecule has 182 valence electrons. The van der Waals surface area contributed by atoms with Crippen LogP contribution in [0.15, 0.2) is 71.7 Å². The highest BCUT2D eigenvalue weighted by Crippen LogP contribution is 2.27. The minimum Gasteiger partial charge on any atom is -0.489 e. The minimum absolute atomic E-state index is 0.139. The molecule has 0 saturated heterocycles. The number of likely N-dealkylation sites (N-methyl/N-ethyl adjacent to an activating group) is 1. The fourth-order valence-electron chi connectivity index (χ4n) is 3.42. The first-order valence-corrected chi connectivity index (χ1v) is 12.8. The monoisotopic (exact) mass is 529 g/mol. The molecule has 0 aromatic heterocycles. The standard InChI is InChI=1S/C26H25Cl2N3O3S/c1-29-13-20-16-35-26(30-20)31-25(32)19-10-21(33-14-17-6-2-4-8-23(17)27)12-22(11-19)34-15-18-7-3-5-9-24(18)28/h2-12,20,29H,13-16H2,1H3,(H,30,31,32). The van der Waals surface area contributed by atoms with Gasteiger partial charge in [-0.25, -0.2) is 0 Å². The molecular formula is C26H25Cl2N3O3S. The summed E-state index contributed by atoms with van der Waals surface area (Å²) in [4.78, 5) is 17.6. The number of ether oxygens (including phenoxy) is 2. The lowest BCUT2D eigenvalue weighted by atomic mass is 10.2. The molecule has 4 rings (SSSR count). The minimum atomic E-state index is -0.285. The number of nitrogens with zero attached hydrogens (tertiary/aromatic N) is 1. The summed E-state index contributed by atoms with van der Waals surface area (Å²) < 4.78 is 12.0. The van der Waals surface area contributed by atoms with Crippen LogP contribution in [-0.4, -0.2) is 36.5 Å². The van der Waals surface area contributed by atoms with Crippen LogP contribution in [0.2, 0.25) is 10.0 Å². The highest BCUT2D eigenvalue weighted by molar-refractivity contribution is 8.14. The molecule has 0 bridgehead atoms. The van der Waals surface area contributed by atoms with Crippen LogP contribution in [0.5, 0.6) is 11.5 Å². The van der Waals surface area contributed by atoms with Crippen LogP contribution in [0, 0.1) is 0 Å². The van der Waals surface area contributed by atoms with E-state index >= 15 is 0 Å². The maximum atomic E-state index is 13.1. The number of hydrogen-bond donors (Lipinski definition) is 2. The number of aliphatic imine (C=N–C) groups is 1. The quantitative estimate of drug-likeness (QED) is 0.379. The number of rotatable bonds is 9. The van der Waals surface area contributed by atoms with Crippen LogP contribution in [-0.2, 0) is 13.2 Å². The normalized spacial score (nSPS) is 14.9. The van der Waals surface area contributed by atoms with E-state index in [1.807, 2.05) is 55.6 Å². The maximum absolute atomic E-state index is 13.1. The van der Waals surface area contributed by atoms with Gasteiger partial charge in [0.15, 0.2) is 5.17 Å². The molecule has 1 amide bonds. The van der Waals surface area contributed by atoms with E-state index < -0.39 is 0 Å². The molecule has 3 aromatic carbocycles. The summed E-state index contributed by atoms with van der Waals surface area (Å²) in [6, 6.07) is 20.2. The lowest BCUT2D eigenvalue weighted by Crippen LogP contribution is -2.27. The SMILES string of the molecule is CNCC1CSC(NC(=O)c2cc(OCc3ccccc3Cl)cc(OCc3ccccc3Cl)c2)=N1. The van der Waals surface area contributed by atoms with Crippen molar-refractivity contribution < 1.29 is 14.3 Å². The largest absolute Gasteiger partial charge is 0.489 e.